The van der Waals surface area contributed by atoms with Crippen LogP contribution >= 0.6 is 11.8 Å². The predicted octanol–water partition coefficient (Wildman–Crippen LogP) is 5.55. The van der Waals surface area contributed by atoms with E-state index in [0.717, 1.165) is 11.3 Å². The van der Waals surface area contributed by atoms with Crippen LogP contribution in [0.15, 0.2) is 101 Å². The molecule has 0 radical (unpaired) electrons. The van der Waals surface area contributed by atoms with Gasteiger partial charge in [-0.1, -0.05) is 98.4 Å². The Labute approximate surface area is 188 Å². The molecule has 0 aliphatic carbocycles. The normalized spacial score (nSPS) is 19.6. The van der Waals surface area contributed by atoms with Gasteiger partial charge in [-0.05, 0) is 40.5 Å². The molecule has 156 valence electrons. The molecule has 3 aromatic rings. The van der Waals surface area contributed by atoms with Crippen LogP contribution in [0.2, 0.25) is 0 Å². The van der Waals surface area contributed by atoms with Gasteiger partial charge in [-0.2, -0.15) is 0 Å². The van der Waals surface area contributed by atoms with E-state index in [2.05, 4.69) is 109 Å². The molecule has 0 saturated heterocycles. The van der Waals surface area contributed by atoms with Gasteiger partial charge in [0.1, 0.15) is 0 Å². The third-order valence-corrected chi connectivity index (χ3v) is 7.38. The van der Waals surface area contributed by atoms with Crippen LogP contribution in [0.3, 0.4) is 0 Å². The van der Waals surface area contributed by atoms with E-state index in [1.54, 1.807) is 0 Å². The molecule has 0 amide bonds. The highest BCUT2D eigenvalue weighted by molar-refractivity contribution is 7.99. The van der Waals surface area contributed by atoms with Crippen LogP contribution < -0.4 is 16.4 Å². The highest BCUT2D eigenvalue weighted by Gasteiger charge is 2.34. The van der Waals surface area contributed by atoms with Crippen molar-refractivity contribution in [1.82, 2.24) is 10.6 Å². The molecule has 3 nitrogen and oxygen atoms in total. The van der Waals surface area contributed by atoms with Gasteiger partial charge in [0.2, 0.25) is 0 Å². The summed E-state index contributed by atoms with van der Waals surface area (Å²) in [5.74, 6) is 0. The van der Waals surface area contributed by atoms with Crippen molar-refractivity contribution in [2.75, 3.05) is 0 Å². The van der Waals surface area contributed by atoms with E-state index in [1.165, 1.54) is 26.5 Å². The van der Waals surface area contributed by atoms with Crippen molar-refractivity contribution in [1.29, 1.82) is 0 Å². The standard InChI is InChI=1S/C27H27N3S/c1-27(2)20-13-6-7-16-23(20)31-25-19(12-8-14-21(25)27)26(28)30-24-17-9-15-22(29-24)18-10-4-3-5-11-18/h3-17,24,26,29-30H,28H2,1-2H3. The molecule has 2 aliphatic rings. The average Bonchev–Trinajstić information content (AvgIpc) is 2.80. The second kappa shape index (κ2) is 8.04. The Morgan fingerprint density at radius 1 is 0.935 bits per heavy atom. The number of nitrogens with two attached hydrogens (primary N) is 1. The minimum absolute atomic E-state index is 0.0417. The van der Waals surface area contributed by atoms with Crippen molar-refractivity contribution in [3.8, 4) is 0 Å². The zero-order valence-corrected chi connectivity index (χ0v) is 18.6. The second-order valence-corrected chi connectivity index (χ2v) is 9.60. The Morgan fingerprint density at radius 2 is 1.68 bits per heavy atom. The quantitative estimate of drug-likeness (QED) is 0.480. The Balaban J connectivity index is 1.40. The minimum Gasteiger partial charge on any atom is -0.366 e. The summed E-state index contributed by atoms with van der Waals surface area (Å²) in [5, 5.41) is 7.12. The topological polar surface area (TPSA) is 50.1 Å². The summed E-state index contributed by atoms with van der Waals surface area (Å²) in [6, 6.07) is 25.6. The van der Waals surface area contributed by atoms with Gasteiger partial charge in [-0.3, -0.25) is 5.32 Å². The maximum atomic E-state index is 6.72. The summed E-state index contributed by atoms with van der Waals surface area (Å²) in [6.45, 7) is 4.60. The molecule has 5 rings (SSSR count). The van der Waals surface area contributed by atoms with Gasteiger partial charge in [0.25, 0.3) is 0 Å². The fourth-order valence-electron chi connectivity index (χ4n) is 4.44. The Bertz CT molecular complexity index is 1160. The molecule has 31 heavy (non-hydrogen) atoms. The van der Waals surface area contributed by atoms with E-state index in [-0.39, 0.29) is 17.7 Å². The molecule has 0 bridgehead atoms. The fraction of sp³-hybridized carbons (Fsp3) is 0.185. The molecule has 2 unspecified atom stereocenters. The van der Waals surface area contributed by atoms with Crippen molar-refractivity contribution < 1.29 is 0 Å². The van der Waals surface area contributed by atoms with Gasteiger partial charge in [0.15, 0.2) is 0 Å². The lowest BCUT2D eigenvalue weighted by Gasteiger charge is -2.36. The van der Waals surface area contributed by atoms with Gasteiger partial charge in [0, 0.05) is 20.9 Å². The van der Waals surface area contributed by atoms with Crippen molar-refractivity contribution in [3.05, 3.63) is 113 Å². The number of fused-ring (bicyclic) bond motifs is 2. The summed E-state index contributed by atoms with van der Waals surface area (Å²) >= 11 is 1.83. The monoisotopic (exact) mass is 425 g/mol. The van der Waals surface area contributed by atoms with Gasteiger partial charge < -0.3 is 11.1 Å². The smallest absolute Gasteiger partial charge is 0.0978 e. The van der Waals surface area contributed by atoms with Gasteiger partial charge in [0.05, 0.1) is 12.3 Å². The molecule has 0 fully saturated rings. The number of benzene rings is 3. The highest BCUT2D eigenvalue weighted by atomic mass is 32.2. The number of rotatable bonds is 4. The van der Waals surface area contributed by atoms with Crippen LogP contribution in [0.25, 0.3) is 5.70 Å². The molecule has 2 aliphatic heterocycles. The Kier molecular flexibility index (Phi) is 5.22. The third kappa shape index (κ3) is 3.72. The van der Waals surface area contributed by atoms with Crippen LogP contribution in [0.5, 0.6) is 0 Å². The number of nitrogens with one attached hydrogen (secondary N) is 2. The lowest BCUT2D eigenvalue weighted by atomic mass is 9.77. The van der Waals surface area contributed by atoms with E-state index >= 15 is 0 Å². The van der Waals surface area contributed by atoms with Crippen LogP contribution in [-0.4, -0.2) is 6.17 Å². The minimum atomic E-state index is -0.291. The van der Waals surface area contributed by atoms with Crippen molar-refractivity contribution in [2.45, 2.75) is 41.4 Å². The molecule has 0 aromatic heterocycles. The van der Waals surface area contributed by atoms with Crippen molar-refractivity contribution in [2.24, 2.45) is 5.73 Å². The summed E-state index contributed by atoms with van der Waals surface area (Å²) in [4.78, 5) is 2.58. The third-order valence-electron chi connectivity index (χ3n) is 6.15. The zero-order chi connectivity index (χ0) is 21.4. The molecular formula is C27H27N3S. The number of dihydropyridines is 1. The molecule has 3 aromatic carbocycles. The van der Waals surface area contributed by atoms with E-state index < -0.39 is 0 Å². The largest absolute Gasteiger partial charge is 0.366 e. The van der Waals surface area contributed by atoms with Gasteiger partial charge in [-0.15, -0.1) is 0 Å². The maximum absolute atomic E-state index is 6.72. The average molecular weight is 426 g/mol. The van der Waals surface area contributed by atoms with Crippen LogP contribution in [-0.2, 0) is 5.41 Å². The molecule has 2 heterocycles. The highest BCUT2D eigenvalue weighted by Crippen LogP contribution is 2.50. The molecule has 2 atom stereocenters. The first-order chi connectivity index (χ1) is 15.0. The van der Waals surface area contributed by atoms with Gasteiger partial charge >= 0.3 is 0 Å². The number of allylic oxidation sites excluding steroid dienone is 2. The molecule has 4 N–H and O–H groups in total. The predicted molar refractivity (Wildman–Crippen MR) is 130 cm³/mol. The van der Waals surface area contributed by atoms with Crippen LogP contribution in [0.1, 0.15) is 42.3 Å². The van der Waals surface area contributed by atoms with E-state index in [0.29, 0.717) is 0 Å². The van der Waals surface area contributed by atoms with E-state index in [1.807, 2.05) is 17.8 Å². The van der Waals surface area contributed by atoms with Crippen LogP contribution in [0.4, 0.5) is 0 Å². The lowest BCUT2D eigenvalue weighted by Crippen LogP contribution is -2.45. The van der Waals surface area contributed by atoms with Crippen molar-refractivity contribution in [3.63, 3.8) is 0 Å². The van der Waals surface area contributed by atoms with Crippen molar-refractivity contribution >= 4 is 17.5 Å². The SMILES string of the molecule is CC1(C)c2ccccc2Sc2c(C(N)NC3C=CC=C(c4ccccc4)N3)cccc21. The molecular weight excluding hydrogens is 398 g/mol. The molecule has 0 saturated carbocycles. The molecule has 4 heteroatoms. The maximum Gasteiger partial charge on any atom is 0.0978 e. The summed E-state index contributed by atoms with van der Waals surface area (Å²) < 4.78 is 0. The summed E-state index contributed by atoms with van der Waals surface area (Å²) in [7, 11) is 0. The first-order valence-electron chi connectivity index (χ1n) is 10.7. The second-order valence-electron chi connectivity index (χ2n) is 8.54. The number of hydrogen-bond donors (Lipinski definition) is 3. The zero-order valence-electron chi connectivity index (χ0n) is 17.8. The first kappa shape index (κ1) is 20.1. The Hall–Kier alpha value is -2.79. The van der Waals surface area contributed by atoms with E-state index in [4.69, 9.17) is 5.73 Å². The first-order valence-corrected chi connectivity index (χ1v) is 11.5. The summed E-state index contributed by atoms with van der Waals surface area (Å²) in [6.07, 6.45) is 5.95. The number of hydrogen-bond acceptors (Lipinski definition) is 4. The van der Waals surface area contributed by atoms with Crippen LogP contribution in [0, 0.1) is 0 Å². The van der Waals surface area contributed by atoms with Gasteiger partial charge in [-0.25, -0.2) is 0 Å². The lowest BCUT2D eigenvalue weighted by molar-refractivity contribution is 0.463. The summed E-state index contributed by atoms with van der Waals surface area (Å²) in [5.41, 5.74) is 12.8. The fourth-order valence-corrected chi connectivity index (χ4v) is 5.98. The molecule has 0 spiro atoms. The van der Waals surface area contributed by atoms with E-state index in [9.17, 15) is 0 Å². The Morgan fingerprint density at radius 3 is 2.52 bits per heavy atom.